The fourth-order valence-electron chi connectivity index (χ4n) is 5.32. The number of hydrogen-bond donors (Lipinski definition) is 2. The number of guanidine groups is 1. The van der Waals surface area contributed by atoms with Crippen LogP contribution in [0.1, 0.15) is 38.5 Å². The molecule has 2 N–H and O–H groups in total. The van der Waals surface area contributed by atoms with E-state index in [0.717, 1.165) is 24.8 Å². The van der Waals surface area contributed by atoms with Gasteiger partial charge in [0.05, 0.1) is 11.8 Å². The lowest BCUT2D eigenvalue weighted by Crippen LogP contribution is -2.44. The maximum absolute atomic E-state index is 12.7. The van der Waals surface area contributed by atoms with Crippen molar-refractivity contribution in [3.05, 3.63) is 12.2 Å². The number of hydrogen-bond acceptors (Lipinski definition) is 3. The van der Waals surface area contributed by atoms with Crippen LogP contribution in [0.2, 0.25) is 0 Å². The predicted octanol–water partition coefficient (Wildman–Crippen LogP) is 2.16. The second-order valence-electron chi connectivity index (χ2n) is 8.21. The van der Waals surface area contributed by atoms with Crippen molar-refractivity contribution < 1.29 is 9.59 Å². The molecule has 4 rings (SSSR count). The largest absolute Gasteiger partial charge is 0.356 e. The average molecular weight is 486 g/mol. The number of rotatable bonds is 5. The van der Waals surface area contributed by atoms with E-state index in [0.29, 0.717) is 13.1 Å². The van der Waals surface area contributed by atoms with Crippen LogP contribution in [0.4, 0.5) is 0 Å². The summed E-state index contributed by atoms with van der Waals surface area (Å²) in [5.74, 6) is 1.92. The highest BCUT2D eigenvalue weighted by atomic mass is 127. The van der Waals surface area contributed by atoms with Crippen LogP contribution >= 0.6 is 24.0 Å². The predicted molar refractivity (Wildman–Crippen MR) is 116 cm³/mol. The van der Waals surface area contributed by atoms with Crippen LogP contribution in [0.25, 0.3) is 0 Å². The number of aliphatic imine (C=N–C) groups is 1. The lowest BCUT2D eigenvalue weighted by Gasteiger charge is -2.23. The van der Waals surface area contributed by atoms with Gasteiger partial charge >= 0.3 is 0 Å². The molecule has 4 aliphatic rings. The number of fused-ring (bicyclic) bond motifs is 5. The number of allylic oxidation sites excluding steroid dienone is 2. The fourth-order valence-corrected chi connectivity index (χ4v) is 5.32. The molecule has 6 nitrogen and oxygen atoms in total. The van der Waals surface area contributed by atoms with E-state index in [4.69, 9.17) is 0 Å². The van der Waals surface area contributed by atoms with Gasteiger partial charge in [0.15, 0.2) is 5.96 Å². The molecular weight excluding hydrogens is 455 g/mol. The van der Waals surface area contributed by atoms with E-state index in [1.54, 1.807) is 7.05 Å². The molecule has 0 radical (unpaired) electrons. The summed E-state index contributed by atoms with van der Waals surface area (Å²) < 4.78 is 0. The van der Waals surface area contributed by atoms with Crippen LogP contribution in [-0.4, -0.2) is 49.4 Å². The molecule has 1 saturated heterocycles. The zero-order chi connectivity index (χ0) is 18.1. The van der Waals surface area contributed by atoms with Gasteiger partial charge < -0.3 is 10.6 Å². The Morgan fingerprint density at radius 2 is 1.70 bits per heavy atom. The molecular formula is C20H31IN4O2. The van der Waals surface area contributed by atoms with Crippen molar-refractivity contribution in [1.82, 2.24) is 15.5 Å². The zero-order valence-corrected chi connectivity index (χ0v) is 18.4. The molecule has 2 amide bonds. The first-order valence-electron chi connectivity index (χ1n) is 10.2. The molecule has 0 spiro atoms. The number of nitrogens with zero attached hydrogens (tertiary/aromatic N) is 2. The summed E-state index contributed by atoms with van der Waals surface area (Å²) >= 11 is 0. The van der Waals surface area contributed by atoms with Gasteiger partial charge in [-0.05, 0) is 37.0 Å². The first kappa shape index (κ1) is 20.6. The van der Waals surface area contributed by atoms with E-state index in [1.807, 2.05) is 0 Å². The van der Waals surface area contributed by atoms with Gasteiger partial charge in [0, 0.05) is 26.7 Å². The quantitative estimate of drug-likeness (QED) is 0.206. The number of carbonyl (C=O) groups is 2. The molecule has 3 aliphatic carbocycles. The Morgan fingerprint density at radius 3 is 2.30 bits per heavy atom. The van der Waals surface area contributed by atoms with Crippen molar-refractivity contribution in [1.29, 1.82) is 0 Å². The van der Waals surface area contributed by atoms with E-state index in [1.165, 1.54) is 37.0 Å². The molecule has 3 fully saturated rings. The zero-order valence-electron chi connectivity index (χ0n) is 16.0. The van der Waals surface area contributed by atoms with Crippen LogP contribution < -0.4 is 10.6 Å². The summed E-state index contributed by atoms with van der Waals surface area (Å²) in [6.07, 6.45) is 11.9. The Kier molecular flexibility index (Phi) is 6.81. The Labute approximate surface area is 178 Å². The minimum Gasteiger partial charge on any atom is -0.356 e. The number of likely N-dealkylation sites (tertiary alicyclic amines) is 1. The number of imide groups is 1. The van der Waals surface area contributed by atoms with Crippen LogP contribution in [0.3, 0.4) is 0 Å². The topological polar surface area (TPSA) is 73.8 Å². The third-order valence-corrected chi connectivity index (χ3v) is 6.70. The summed E-state index contributed by atoms with van der Waals surface area (Å²) in [7, 11) is 1.76. The maximum atomic E-state index is 12.7. The van der Waals surface area contributed by atoms with E-state index < -0.39 is 0 Å². The van der Waals surface area contributed by atoms with Crippen LogP contribution in [0.5, 0.6) is 0 Å². The SMILES string of the molecule is CN=C(NCCN1C(=O)C2C3C=CC(C3)C2C1=O)NCC1CCCCC1.I. The van der Waals surface area contributed by atoms with Gasteiger partial charge in [-0.1, -0.05) is 31.4 Å². The molecule has 1 heterocycles. The number of amides is 2. The number of carbonyl (C=O) groups excluding carboxylic acids is 2. The number of nitrogens with one attached hydrogen (secondary N) is 2. The first-order valence-corrected chi connectivity index (χ1v) is 10.2. The molecule has 1 aliphatic heterocycles. The Balaban J connectivity index is 0.00000210. The van der Waals surface area contributed by atoms with Crippen molar-refractivity contribution in [3.63, 3.8) is 0 Å². The third kappa shape index (κ3) is 4.03. The average Bonchev–Trinajstić information content (AvgIpc) is 3.34. The highest BCUT2D eigenvalue weighted by Gasteiger charge is 2.58. The minimum atomic E-state index is -0.0961. The van der Waals surface area contributed by atoms with Crippen LogP contribution in [0, 0.1) is 29.6 Å². The molecule has 150 valence electrons. The van der Waals surface area contributed by atoms with E-state index >= 15 is 0 Å². The van der Waals surface area contributed by atoms with Gasteiger partial charge in [0.2, 0.25) is 11.8 Å². The summed E-state index contributed by atoms with van der Waals surface area (Å²) in [6, 6.07) is 0. The van der Waals surface area contributed by atoms with Gasteiger partial charge in [0.1, 0.15) is 0 Å². The van der Waals surface area contributed by atoms with Crippen LogP contribution in [0.15, 0.2) is 17.1 Å². The lowest BCUT2D eigenvalue weighted by molar-refractivity contribution is -0.140. The molecule has 27 heavy (non-hydrogen) atoms. The van der Waals surface area contributed by atoms with Gasteiger partial charge in [0.25, 0.3) is 0 Å². The highest BCUT2D eigenvalue weighted by Crippen LogP contribution is 2.52. The molecule has 0 aromatic carbocycles. The van der Waals surface area contributed by atoms with Crippen LogP contribution in [-0.2, 0) is 9.59 Å². The van der Waals surface area contributed by atoms with Crippen molar-refractivity contribution in [2.24, 2.45) is 34.6 Å². The van der Waals surface area contributed by atoms with E-state index in [2.05, 4.69) is 27.8 Å². The summed E-state index contributed by atoms with van der Waals surface area (Å²) in [5.41, 5.74) is 0. The van der Waals surface area contributed by atoms with Gasteiger partial charge in [-0.25, -0.2) is 0 Å². The Bertz CT molecular complexity index is 599. The van der Waals surface area contributed by atoms with Gasteiger partial charge in [-0.3, -0.25) is 19.5 Å². The third-order valence-electron chi connectivity index (χ3n) is 6.70. The second kappa shape index (κ2) is 8.92. The minimum absolute atomic E-state index is 0. The standard InChI is InChI=1S/C20H30N4O2.HI/c1-21-20(23-12-13-5-3-2-4-6-13)22-9-10-24-18(25)16-14-7-8-15(11-14)17(16)19(24)26;/h7-8,13-17H,2-6,9-12H2,1H3,(H2,21,22,23);1H. The highest BCUT2D eigenvalue weighted by molar-refractivity contribution is 14.0. The summed E-state index contributed by atoms with van der Waals surface area (Å²) in [5, 5.41) is 6.65. The van der Waals surface area contributed by atoms with Crippen molar-refractivity contribution in [2.75, 3.05) is 26.7 Å². The number of halogens is 1. The summed E-state index contributed by atoms with van der Waals surface area (Å²) in [4.78, 5) is 31.1. The Morgan fingerprint density at radius 1 is 1.07 bits per heavy atom. The monoisotopic (exact) mass is 486 g/mol. The molecule has 4 unspecified atom stereocenters. The Hall–Kier alpha value is -1.12. The van der Waals surface area contributed by atoms with Crippen molar-refractivity contribution in [3.8, 4) is 0 Å². The fraction of sp³-hybridized carbons (Fsp3) is 0.750. The molecule has 2 bridgehead atoms. The second-order valence-corrected chi connectivity index (χ2v) is 8.21. The molecule has 0 aromatic heterocycles. The van der Waals surface area contributed by atoms with Crippen molar-refractivity contribution >= 4 is 41.8 Å². The molecule has 7 heteroatoms. The lowest BCUT2D eigenvalue weighted by atomic mass is 9.85. The first-order chi connectivity index (χ1) is 12.7. The van der Waals surface area contributed by atoms with Gasteiger partial charge in [-0.2, -0.15) is 0 Å². The van der Waals surface area contributed by atoms with Crippen molar-refractivity contribution in [2.45, 2.75) is 38.5 Å². The normalized spacial score (nSPS) is 32.6. The van der Waals surface area contributed by atoms with E-state index in [9.17, 15) is 9.59 Å². The van der Waals surface area contributed by atoms with E-state index in [-0.39, 0.29) is 59.5 Å². The molecule has 0 aromatic rings. The molecule has 2 saturated carbocycles. The van der Waals surface area contributed by atoms with Gasteiger partial charge in [-0.15, -0.1) is 24.0 Å². The molecule has 4 atom stereocenters. The smallest absolute Gasteiger partial charge is 0.233 e. The summed E-state index contributed by atoms with van der Waals surface area (Å²) in [6.45, 7) is 1.92. The maximum Gasteiger partial charge on any atom is 0.233 e.